The quantitative estimate of drug-likeness (QED) is 0.402. The van der Waals surface area contributed by atoms with E-state index in [-0.39, 0.29) is 16.2 Å². The molecule has 3 aromatic rings. The number of hydrogen-bond donors (Lipinski definition) is 0. The van der Waals surface area contributed by atoms with Crippen LogP contribution in [-0.2, 0) is 16.2 Å². The standard InChI is InChI=1S/C30H35N/c1-28(2,3)22-13-9-20(10-14-22)24-17-26-27(31-19-30(26,7)8)18-25(24)21-11-15-23(16-12-21)29(4,5)6/h9-19H,1-8H3. The first-order chi connectivity index (χ1) is 14.4. The number of hydrogen-bond acceptors (Lipinski definition) is 1. The molecule has 0 N–H and O–H groups in total. The summed E-state index contributed by atoms with van der Waals surface area (Å²) in [6.45, 7) is 18.1. The third-order valence-electron chi connectivity index (χ3n) is 6.48. The summed E-state index contributed by atoms with van der Waals surface area (Å²) in [5.41, 5.74) is 10.4. The summed E-state index contributed by atoms with van der Waals surface area (Å²) in [6, 6.07) is 22.8. The van der Waals surface area contributed by atoms with Crippen LogP contribution in [0.25, 0.3) is 22.3 Å². The summed E-state index contributed by atoms with van der Waals surface area (Å²) in [4.78, 5) is 4.75. The van der Waals surface area contributed by atoms with E-state index in [1.807, 2.05) is 0 Å². The van der Waals surface area contributed by atoms with E-state index >= 15 is 0 Å². The third-order valence-corrected chi connectivity index (χ3v) is 6.48. The lowest BCUT2D eigenvalue weighted by Gasteiger charge is -2.22. The molecule has 31 heavy (non-hydrogen) atoms. The minimum Gasteiger partial charge on any atom is -0.260 e. The van der Waals surface area contributed by atoms with Gasteiger partial charge in [-0.2, -0.15) is 0 Å². The molecule has 0 fully saturated rings. The van der Waals surface area contributed by atoms with Gasteiger partial charge < -0.3 is 0 Å². The SMILES string of the molecule is CC(C)(C)c1ccc(-c2cc3c(cc2-c2ccc(C(C)(C)C)cc2)C(C)(C)C=N3)cc1. The van der Waals surface area contributed by atoms with Crippen LogP contribution in [0.5, 0.6) is 0 Å². The molecule has 0 atom stereocenters. The summed E-state index contributed by atoms with van der Waals surface area (Å²) in [7, 11) is 0. The molecule has 160 valence electrons. The molecule has 0 radical (unpaired) electrons. The Morgan fingerprint density at radius 3 is 1.45 bits per heavy atom. The molecule has 1 heterocycles. The van der Waals surface area contributed by atoms with Gasteiger partial charge in [0.1, 0.15) is 0 Å². The van der Waals surface area contributed by atoms with Gasteiger partial charge >= 0.3 is 0 Å². The number of benzene rings is 3. The van der Waals surface area contributed by atoms with Crippen LogP contribution in [0.4, 0.5) is 5.69 Å². The maximum absolute atomic E-state index is 4.75. The van der Waals surface area contributed by atoms with Crippen LogP contribution in [0.3, 0.4) is 0 Å². The average Bonchev–Trinajstić information content (AvgIpc) is 3.00. The van der Waals surface area contributed by atoms with E-state index in [2.05, 4.69) is 122 Å². The van der Waals surface area contributed by atoms with Crippen molar-refractivity contribution in [1.82, 2.24) is 0 Å². The van der Waals surface area contributed by atoms with Crippen molar-refractivity contribution in [2.24, 2.45) is 4.99 Å². The Hall–Kier alpha value is -2.67. The summed E-state index contributed by atoms with van der Waals surface area (Å²) < 4.78 is 0. The van der Waals surface area contributed by atoms with Gasteiger partial charge in [0.15, 0.2) is 0 Å². The summed E-state index contributed by atoms with van der Waals surface area (Å²) >= 11 is 0. The van der Waals surface area contributed by atoms with Gasteiger partial charge in [-0.1, -0.05) is 104 Å². The minimum atomic E-state index is -0.0376. The van der Waals surface area contributed by atoms with Crippen molar-refractivity contribution in [3.8, 4) is 22.3 Å². The first kappa shape index (κ1) is 21.6. The Labute approximate surface area is 188 Å². The van der Waals surface area contributed by atoms with Crippen LogP contribution >= 0.6 is 0 Å². The molecule has 1 heteroatoms. The van der Waals surface area contributed by atoms with Crippen LogP contribution in [-0.4, -0.2) is 6.21 Å². The third kappa shape index (κ3) is 4.11. The minimum absolute atomic E-state index is 0.0376. The highest BCUT2D eigenvalue weighted by Crippen LogP contribution is 2.44. The van der Waals surface area contributed by atoms with Gasteiger partial charge in [0.2, 0.25) is 0 Å². The maximum atomic E-state index is 4.75. The van der Waals surface area contributed by atoms with Crippen LogP contribution in [0.1, 0.15) is 72.1 Å². The van der Waals surface area contributed by atoms with Crippen LogP contribution < -0.4 is 0 Å². The molecule has 0 saturated carbocycles. The Balaban J connectivity index is 1.88. The number of aliphatic imine (C=N–C) groups is 1. The molecule has 0 spiro atoms. The van der Waals surface area contributed by atoms with E-state index in [0.29, 0.717) is 0 Å². The summed E-state index contributed by atoms with van der Waals surface area (Å²) in [5.74, 6) is 0. The van der Waals surface area contributed by atoms with E-state index in [1.54, 1.807) is 0 Å². The van der Waals surface area contributed by atoms with Crippen molar-refractivity contribution in [2.75, 3.05) is 0 Å². The Morgan fingerprint density at radius 1 is 0.613 bits per heavy atom. The number of fused-ring (bicyclic) bond motifs is 1. The van der Waals surface area contributed by atoms with Gasteiger partial charge in [-0.05, 0) is 61.9 Å². The van der Waals surface area contributed by atoms with Gasteiger partial charge in [0.05, 0.1) is 5.69 Å². The van der Waals surface area contributed by atoms with Gasteiger partial charge in [-0.25, -0.2) is 0 Å². The molecule has 4 rings (SSSR count). The van der Waals surface area contributed by atoms with Crippen molar-refractivity contribution in [3.05, 3.63) is 77.4 Å². The molecule has 0 saturated heterocycles. The molecule has 0 amide bonds. The average molecular weight is 410 g/mol. The van der Waals surface area contributed by atoms with Crippen LogP contribution in [0.2, 0.25) is 0 Å². The molecule has 1 nitrogen and oxygen atoms in total. The highest BCUT2D eigenvalue weighted by molar-refractivity contribution is 5.92. The largest absolute Gasteiger partial charge is 0.260 e. The molecule has 1 aliphatic heterocycles. The van der Waals surface area contributed by atoms with Crippen molar-refractivity contribution in [2.45, 2.75) is 71.6 Å². The van der Waals surface area contributed by atoms with E-state index < -0.39 is 0 Å². The molecule has 0 unspecified atom stereocenters. The van der Waals surface area contributed by atoms with E-state index in [4.69, 9.17) is 4.99 Å². The second kappa shape index (κ2) is 7.19. The predicted octanol–water partition coefficient (Wildman–Crippen LogP) is 8.61. The maximum Gasteiger partial charge on any atom is 0.0673 e. The number of nitrogens with zero attached hydrogens (tertiary/aromatic N) is 1. The number of rotatable bonds is 2. The van der Waals surface area contributed by atoms with Crippen LogP contribution in [0.15, 0.2) is 65.7 Å². The molecule has 1 aliphatic rings. The van der Waals surface area contributed by atoms with Crippen molar-refractivity contribution in [3.63, 3.8) is 0 Å². The lowest BCUT2D eigenvalue weighted by atomic mass is 9.81. The zero-order valence-corrected chi connectivity index (χ0v) is 20.3. The lowest BCUT2D eigenvalue weighted by Crippen LogP contribution is -2.15. The van der Waals surface area contributed by atoms with Gasteiger partial charge in [0, 0.05) is 11.6 Å². The van der Waals surface area contributed by atoms with Gasteiger partial charge in [-0.15, -0.1) is 0 Å². The zero-order chi connectivity index (χ0) is 22.6. The predicted molar refractivity (Wildman–Crippen MR) is 136 cm³/mol. The second-order valence-corrected chi connectivity index (χ2v) is 11.5. The second-order valence-electron chi connectivity index (χ2n) is 11.5. The molecule has 3 aromatic carbocycles. The topological polar surface area (TPSA) is 12.4 Å². The van der Waals surface area contributed by atoms with E-state index in [1.165, 1.54) is 38.9 Å². The van der Waals surface area contributed by atoms with Crippen molar-refractivity contribution < 1.29 is 0 Å². The summed E-state index contributed by atoms with van der Waals surface area (Å²) in [6.07, 6.45) is 2.08. The Bertz CT molecular complexity index is 1130. The highest BCUT2D eigenvalue weighted by Gasteiger charge is 2.28. The van der Waals surface area contributed by atoms with Crippen molar-refractivity contribution in [1.29, 1.82) is 0 Å². The first-order valence-corrected chi connectivity index (χ1v) is 11.3. The van der Waals surface area contributed by atoms with Gasteiger partial charge in [-0.3, -0.25) is 4.99 Å². The molecular formula is C30H35N. The molecule has 0 aliphatic carbocycles. The Kier molecular flexibility index (Phi) is 5.00. The lowest BCUT2D eigenvalue weighted by molar-refractivity contribution is 0.590. The van der Waals surface area contributed by atoms with E-state index in [0.717, 1.165) is 5.69 Å². The fraction of sp³-hybridized carbons (Fsp3) is 0.367. The Morgan fingerprint density at radius 2 is 1.03 bits per heavy atom. The van der Waals surface area contributed by atoms with Gasteiger partial charge in [0.25, 0.3) is 0 Å². The smallest absolute Gasteiger partial charge is 0.0673 e. The zero-order valence-electron chi connectivity index (χ0n) is 20.3. The highest BCUT2D eigenvalue weighted by atomic mass is 14.8. The summed E-state index contributed by atoms with van der Waals surface area (Å²) in [5, 5.41) is 0. The fourth-order valence-electron chi connectivity index (χ4n) is 4.29. The molecule has 0 bridgehead atoms. The van der Waals surface area contributed by atoms with Crippen molar-refractivity contribution >= 4 is 11.9 Å². The molecular weight excluding hydrogens is 374 g/mol. The normalized spacial score (nSPS) is 15.2. The molecule has 0 aromatic heterocycles. The first-order valence-electron chi connectivity index (χ1n) is 11.3. The van der Waals surface area contributed by atoms with Crippen LogP contribution in [0, 0.1) is 0 Å². The fourth-order valence-corrected chi connectivity index (χ4v) is 4.29. The monoisotopic (exact) mass is 409 g/mol. The van der Waals surface area contributed by atoms with E-state index in [9.17, 15) is 0 Å².